The Bertz CT molecular complexity index is 156. The van der Waals surface area contributed by atoms with Crippen LogP contribution in [0.25, 0.3) is 0 Å². The first kappa shape index (κ1) is 9.52. The van der Waals surface area contributed by atoms with Crippen LogP contribution in [0.2, 0.25) is 0 Å². The van der Waals surface area contributed by atoms with Crippen molar-refractivity contribution in [2.75, 3.05) is 7.11 Å². The minimum Gasteiger partial charge on any atom is -0.467 e. The molecular weight excluding hydrogens is 156 g/mol. The summed E-state index contributed by atoms with van der Waals surface area (Å²) in [5.41, 5.74) is 0. The second-order valence-electron chi connectivity index (χ2n) is 3.11. The van der Waals surface area contributed by atoms with Gasteiger partial charge in [-0.2, -0.15) is 0 Å². The zero-order valence-corrected chi connectivity index (χ0v) is 7.71. The molecule has 0 bridgehead atoms. The quantitative estimate of drug-likeness (QED) is 0.358. The molecule has 1 fully saturated rings. The van der Waals surface area contributed by atoms with Crippen molar-refractivity contribution in [3.63, 3.8) is 0 Å². The molecule has 0 aromatic carbocycles. The van der Waals surface area contributed by atoms with Gasteiger partial charge in [0, 0.05) is 0 Å². The van der Waals surface area contributed by atoms with Crippen LogP contribution in [0.1, 0.15) is 32.6 Å². The van der Waals surface area contributed by atoms with E-state index in [0.29, 0.717) is 0 Å². The third-order valence-corrected chi connectivity index (χ3v) is 2.11. The van der Waals surface area contributed by atoms with Gasteiger partial charge < -0.3 is 9.47 Å². The van der Waals surface area contributed by atoms with Crippen LogP contribution in [-0.4, -0.2) is 25.3 Å². The molecule has 0 saturated carbocycles. The summed E-state index contributed by atoms with van der Waals surface area (Å²) in [6.07, 6.45) is 4.45. The van der Waals surface area contributed by atoms with Crippen molar-refractivity contribution in [1.82, 2.24) is 0 Å². The van der Waals surface area contributed by atoms with E-state index in [0.717, 1.165) is 12.8 Å². The predicted molar refractivity (Wildman–Crippen MR) is 44.8 cm³/mol. The smallest absolute Gasteiger partial charge is 0.337 e. The number of ether oxygens (including phenoxy) is 2. The van der Waals surface area contributed by atoms with Crippen molar-refractivity contribution >= 4 is 5.97 Å². The molecule has 0 amide bonds. The Kier molecular flexibility index (Phi) is 3.53. The van der Waals surface area contributed by atoms with Gasteiger partial charge in [-0.3, -0.25) is 0 Å². The first-order valence-electron chi connectivity index (χ1n) is 4.53. The van der Waals surface area contributed by atoms with Gasteiger partial charge in [0.1, 0.15) is 0 Å². The molecular formula is C9H16O3. The Morgan fingerprint density at radius 3 is 2.83 bits per heavy atom. The Morgan fingerprint density at radius 2 is 2.25 bits per heavy atom. The normalized spacial score (nSPS) is 26.8. The standard InChI is InChI=1S/C9H16O3/c1-3-4-5-6-7-8(12-7)9(10)11-2/h7-8H,3-6H2,1-2H3/t7-,8+/m0/s1. The van der Waals surface area contributed by atoms with E-state index < -0.39 is 0 Å². The molecule has 70 valence electrons. The summed E-state index contributed by atoms with van der Waals surface area (Å²) in [7, 11) is 1.40. The van der Waals surface area contributed by atoms with Crippen LogP contribution in [0.3, 0.4) is 0 Å². The number of unbranched alkanes of at least 4 members (excludes halogenated alkanes) is 2. The van der Waals surface area contributed by atoms with Crippen molar-refractivity contribution < 1.29 is 14.3 Å². The summed E-state index contributed by atoms with van der Waals surface area (Å²) < 4.78 is 9.69. The first-order chi connectivity index (χ1) is 5.79. The van der Waals surface area contributed by atoms with Gasteiger partial charge in [0.25, 0.3) is 0 Å². The summed E-state index contributed by atoms with van der Waals surface area (Å²) in [6.45, 7) is 2.16. The fourth-order valence-electron chi connectivity index (χ4n) is 1.28. The average Bonchev–Trinajstić information content (AvgIpc) is 2.83. The van der Waals surface area contributed by atoms with Gasteiger partial charge in [-0.25, -0.2) is 4.79 Å². The van der Waals surface area contributed by atoms with E-state index in [4.69, 9.17) is 4.74 Å². The Morgan fingerprint density at radius 1 is 1.50 bits per heavy atom. The van der Waals surface area contributed by atoms with Gasteiger partial charge in [-0.15, -0.1) is 0 Å². The molecule has 1 saturated heterocycles. The first-order valence-corrected chi connectivity index (χ1v) is 4.53. The van der Waals surface area contributed by atoms with Gasteiger partial charge in [0.15, 0.2) is 6.10 Å². The third kappa shape index (κ3) is 2.48. The maximum atomic E-state index is 10.9. The van der Waals surface area contributed by atoms with Crippen LogP contribution in [-0.2, 0) is 14.3 Å². The number of hydrogen-bond donors (Lipinski definition) is 0. The van der Waals surface area contributed by atoms with Crippen molar-refractivity contribution in [1.29, 1.82) is 0 Å². The summed E-state index contributed by atoms with van der Waals surface area (Å²) in [6, 6.07) is 0. The fraction of sp³-hybridized carbons (Fsp3) is 0.889. The van der Waals surface area contributed by atoms with E-state index >= 15 is 0 Å². The average molecular weight is 172 g/mol. The summed E-state index contributed by atoms with van der Waals surface area (Å²) in [4.78, 5) is 10.9. The number of rotatable bonds is 5. The van der Waals surface area contributed by atoms with Crippen molar-refractivity contribution in [3.8, 4) is 0 Å². The molecule has 1 aliphatic rings. The molecule has 3 nitrogen and oxygen atoms in total. The highest BCUT2D eigenvalue weighted by molar-refractivity contribution is 5.77. The molecule has 0 aliphatic carbocycles. The maximum absolute atomic E-state index is 10.9. The molecule has 3 heteroatoms. The van der Waals surface area contributed by atoms with E-state index in [2.05, 4.69) is 11.7 Å². The highest BCUT2D eigenvalue weighted by atomic mass is 16.6. The van der Waals surface area contributed by atoms with Crippen LogP contribution < -0.4 is 0 Å². The Balaban J connectivity index is 2.04. The molecule has 0 unspecified atom stereocenters. The summed E-state index contributed by atoms with van der Waals surface area (Å²) >= 11 is 0. The van der Waals surface area contributed by atoms with Gasteiger partial charge in [-0.05, 0) is 6.42 Å². The van der Waals surface area contributed by atoms with Crippen LogP contribution in [0, 0.1) is 0 Å². The fourth-order valence-corrected chi connectivity index (χ4v) is 1.28. The van der Waals surface area contributed by atoms with Crippen LogP contribution in [0.15, 0.2) is 0 Å². The molecule has 0 radical (unpaired) electrons. The highest BCUT2D eigenvalue weighted by Crippen LogP contribution is 2.28. The Hall–Kier alpha value is -0.570. The molecule has 2 atom stereocenters. The van der Waals surface area contributed by atoms with Crippen molar-refractivity contribution in [3.05, 3.63) is 0 Å². The van der Waals surface area contributed by atoms with Crippen molar-refractivity contribution in [2.45, 2.75) is 44.8 Å². The minimum absolute atomic E-state index is 0.143. The van der Waals surface area contributed by atoms with E-state index in [1.54, 1.807) is 0 Å². The number of methoxy groups -OCH3 is 1. The molecule has 1 aliphatic heterocycles. The van der Waals surface area contributed by atoms with Gasteiger partial charge in [-0.1, -0.05) is 26.2 Å². The lowest BCUT2D eigenvalue weighted by Crippen LogP contribution is -2.11. The molecule has 0 aromatic heterocycles. The monoisotopic (exact) mass is 172 g/mol. The second kappa shape index (κ2) is 4.45. The number of carbonyl (C=O) groups excluding carboxylic acids is 1. The van der Waals surface area contributed by atoms with Crippen LogP contribution in [0.4, 0.5) is 0 Å². The third-order valence-electron chi connectivity index (χ3n) is 2.11. The molecule has 0 N–H and O–H groups in total. The molecule has 0 spiro atoms. The van der Waals surface area contributed by atoms with E-state index in [-0.39, 0.29) is 18.2 Å². The largest absolute Gasteiger partial charge is 0.467 e. The zero-order chi connectivity index (χ0) is 8.97. The molecule has 0 aromatic rings. The van der Waals surface area contributed by atoms with E-state index in [1.165, 1.54) is 20.0 Å². The lowest BCUT2D eigenvalue weighted by molar-refractivity contribution is -0.142. The molecule has 12 heavy (non-hydrogen) atoms. The second-order valence-corrected chi connectivity index (χ2v) is 3.11. The van der Waals surface area contributed by atoms with Crippen molar-refractivity contribution in [2.24, 2.45) is 0 Å². The lowest BCUT2D eigenvalue weighted by atomic mass is 10.1. The number of epoxide rings is 1. The SMILES string of the molecule is CCCCC[C@@H]1O[C@H]1C(=O)OC. The lowest BCUT2D eigenvalue weighted by Gasteiger charge is -1.94. The number of esters is 1. The molecule has 1 rings (SSSR count). The van der Waals surface area contributed by atoms with Gasteiger partial charge in [0.05, 0.1) is 13.2 Å². The Labute approximate surface area is 73.0 Å². The topological polar surface area (TPSA) is 38.8 Å². The summed E-state index contributed by atoms with van der Waals surface area (Å²) in [5.74, 6) is -0.225. The minimum atomic E-state index is -0.258. The van der Waals surface area contributed by atoms with Crippen LogP contribution in [0.5, 0.6) is 0 Å². The summed E-state index contributed by atoms with van der Waals surface area (Å²) in [5, 5.41) is 0. The predicted octanol–water partition coefficient (Wildman–Crippen LogP) is 1.51. The number of carbonyl (C=O) groups is 1. The van der Waals surface area contributed by atoms with Gasteiger partial charge >= 0.3 is 5.97 Å². The molecule has 1 heterocycles. The zero-order valence-electron chi connectivity index (χ0n) is 7.71. The maximum Gasteiger partial charge on any atom is 0.337 e. The van der Waals surface area contributed by atoms with Crippen LogP contribution >= 0.6 is 0 Å². The highest BCUT2D eigenvalue weighted by Gasteiger charge is 2.45. The van der Waals surface area contributed by atoms with E-state index in [1.807, 2.05) is 0 Å². The number of hydrogen-bond acceptors (Lipinski definition) is 3. The van der Waals surface area contributed by atoms with Gasteiger partial charge in [0.2, 0.25) is 0 Å². The van der Waals surface area contributed by atoms with E-state index in [9.17, 15) is 4.79 Å².